The van der Waals surface area contributed by atoms with Gasteiger partial charge in [0.05, 0.1) is 13.2 Å². The Hall–Kier alpha value is -0.120. The highest BCUT2D eigenvalue weighted by atomic mass is 16.5. The number of aliphatic hydroxyl groups excluding tert-OH is 1. The van der Waals surface area contributed by atoms with Crippen molar-refractivity contribution in [3.8, 4) is 0 Å². The predicted molar refractivity (Wildman–Crippen MR) is 138 cm³/mol. The van der Waals surface area contributed by atoms with E-state index in [2.05, 4.69) is 13.8 Å². The van der Waals surface area contributed by atoms with Gasteiger partial charge in [-0.3, -0.25) is 0 Å². The largest absolute Gasteiger partial charge is 0.394 e. The molecule has 0 aromatic heterocycles. The molecule has 0 heterocycles. The van der Waals surface area contributed by atoms with Crippen LogP contribution >= 0.6 is 0 Å². The Labute approximate surface area is 197 Å². The first-order valence-corrected chi connectivity index (χ1v) is 14.1. The quantitative estimate of drug-likeness (QED) is 0.143. The lowest BCUT2D eigenvalue weighted by atomic mass is 10.1. The number of aliphatic hydroxyl groups is 1. The van der Waals surface area contributed by atoms with Gasteiger partial charge in [0.2, 0.25) is 0 Å². The van der Waals surface area contributed by atoms with E-state index in [1.54, 1.807) is 0 Å². The summed E-state index contributed by atoms with van der Waals surface area (Å²) in [4.78, 5) is 0. The van der Waals surface area contributed by atoms with Gasteiger partial charge < -0.3 is 14.6 Å². The standard InChI is InChI=1S/C24H50O.C4H10O2/c1-3-5-7-9-11-13-15-17-19-21-23-25-24-22-20-18-16-14-12-10-8-6-4-2;1-2-6-4-3-5/h3-24H2,1-2H3;5H,2-4H2,1H3. The van der Waals surface area contributed by atoms with E-state index in [4.69, 9.17) is 14.6 Å². The number of hydrogen-bond acceptors (Lipinski definition) is 3. The molecule has 0 rings (SSSR count). The minimum Gasteiger partial charge on any atom is -0.394 e. The van der Waals surface area contributed by atoms with Crippen molar-refractivity contribution in [1.29, 1.82) is 0 Å². The number of rotatable bonds is 25. The molecule has 3 nitrogen and oxygen atoms in total. The number of hydrogen-bond donors (Lipinski definition) is 1. The minimum atomic E-state index is 0.133. The third-order valence-electron chi connectivity index (χ3n) is 5.72. The van der Waals surface area contributed by atoms with Crippen molar-refractivity contribution in [2.75, 3.05) is 33.0 Å². The van der Waals surface area contributed by atoms with E-state index in [9.17, 15) is 0 Å². The molecular weight excluding hydrogens is 384 g/mol. The first-order valence-electron chi connectivity index (χ1n) is 14.1. The van der Waals surface area contributed by atoms with Gasteiger partial charge in [0.15, 0.2) is 0 Å². The average Bonchev–Trinajstić information content (AvgIpc) is 2.79. The average molecular weight is 445 g/mol. The molecule has 0 aliphatic carbocycles. The van der Waals surface area contributed by atoms with Gasteiger partial charge in [-0.2, -0.15) is 0 Å². The Morgan fingerprint density at radius 3 is 0.968 bits per heavy atom. The van der Waals surface area contributed by atoms with Gasteiger partial charge in [0.1, 0.15) is 0 Å². The summed E-state index contributed by atoms with van der Waals surface area (Å²) < 4.78 is 10.5. The molecule has 0 bridgehead atoms. The van der Waals surface area contributed by atoms with Gasteiger partial charge in [-0.1, -0.05) is 129 Å². The van der Waals surface area contributed by atoms with E-state index in [0.717, 1.165) is 13.2 Å². The molecule has 0 saturated carbocycles. The SMILES string of the molecule is CCCCCCCCCCCCOCCCCCCCCCCCC.CCOCCO. The van der Waals surface area contributed by atoms with Crippen molar-refractivity contribution >= 4 is 0 Å². The van der Waals surface area contributed by atoms with Crippen LogP contribution in [0.25, 0.3) is 0 Å². The molecule has 0 atom stereocenters. The Morgan fingerprint density at radius 1 is 0.387 bits per heavy atom. The number of unbranched alkanes of at least 4 members (excludes halogenated alkanes) is 18. The predicted octanol–water partition coefficient (Wildman–Crippen LogP) is 8.86. The molecule has 0 unspecified atom stereocenters. The van der Waals surface area contributed by atoms with E-state index in [1.807, 2.05) is 6.92 Å². The highest BCUT2D eigenvalue weighted by Crippen LogP contribution is 2.12. The summed E-state index contributed by atoms with van der Waals surface area (Å²) in [5.41, 5.74) is 0. The van der Waals surface area contributed by atoms with Crippen LogP contribution in [0.3, 0.4) is 0 Å². The molecule has 0 spiro atoms. The van der Waals surface area contributed by atoms with Crippen LogP contribution in [0.5, 0.6) is 0 Å². The van der Waals surface area contributed by atoms with E-state index < -0.39 is 0 Å². The minimum absolute atomic E-state index is 0.133. The van der Waals surface area contributed by atoms with Crippen molar-refractivity contribution in [3.05, 3.63) is 0 Å². The smallest absolute Gasteiger partial charge is 0.0697 e. The lowest BCUT2D eigenvalue weighted by molar-refractivity contribution is 0.102. The topological polar surface area (TPSA) is 38.7 Å². The van der Waals surface area contributed by atoms with Gasteiger partial charge in [0.25, 0.3) is 0 Å². The zero-order valence-corrected chi connectivity index (χ0v) is 21.9. The molecule has 1 N–H and O–H groups in total. The van der Waals surface area contributed by atoms with E-state index >= 15 is 0 Å². The Morgan fingerprint density at radius 2 is 0.710 bits per heavy atom. The summed E-state index contributed by atoms with van der Waals surface area (Å²) >= 11 is 0. The lowest BCUT2D eigenvalue weighted by Crippen LogP contribution is -1.97. The maximum Gasteiger partial charge on any atom is 0.0697 e. The van der Waals surface area contributed by atoms with Crippen molar-refractivity contribution in [1.82, 2.24) is 0 Å². The molecular formula is C28H60O3. The molecule has 0 aromatic carbocycles. The van der Waals surface area contributed by atoms with Crippen LogP contribution in [0.15, 0.2) is 0 Å². The summed E-state index contributed by atoms with van der Waals surface area (Å²) in [7, 11) is 0. The van der Waals surface area contributed by atoms with Crippen LogP contribution in [-0.2, 0) is 9.47 Å². The molecule has 0 aliphatic rings. The summed E-state index contributed by atoms with van der Waals surface area (Å²) in [5.74, 6) is 0. The maximum atomic E-state index is 8.07. The lowest BCUT2D eigenvalue weighted by Gasteiger charge is -2.05. The normalized spacial score (nSPS) is 10.8. The van der Waals surface area contributed by atoms with Gasteiger partial charge in [-0.25, -0.2) is 0 Å². The highest BCUT2D eigenvalue weighted by Gasteiger charge is 1.95. The Bertz CT molecular complexity index is 245. The van der Waals surface area contributed by atoms with Crippen LogP contribution in [0.4, 0.5) is 0 Å². The second-order valence-corrected chi connectivity index (χ2v) is 8.90. The summed E-state index contributed by atoms with van der Waals surface area (Å²) in [6, 6.07) is 0. The monoisotopic (exact) mass is 444 g/mol. The zero-order valence-electron chi connectivity index (χ0n) is 21.9. The van der Waals surface area contributed by atoms with Gasteiger partial charge >= 0.3 is 0 Å². The van der Waals surface area contributed by atoms with Gasteiger partial charge in [0, 0.05) is 19.8 Å². The third kappa shape index (κ3) is 37.5. The molecule has 190 valence electrons. The van der Waals surface area contributed by atoms with Crippen molar-refractivity contribution in [2.45, 2.75) is 149 Å². The molecule has 0 amide bonds. The van der Waals surface area contributed by atoms with Crippen molar-refractivity contribution in [2.24, 2.45) is 0 Å². The summed E-state index contributed by atoms with van der Waals surface area (Å²) in [6.45, 7) is 9.76. The molecule has 0 saturated heterocycles. The Kier molecular flexibility index (Phi) is 36.8. The summed E-state index contributed by atoms with van der Waals surface area (Å²) in [5, 5.41) is 8.07. The van der Waals surface area contributed by atoms with Crippen LogP contribution in [0.1, 0.15) is 149 Å². The van der Waals surface area contributed by atoms with E-state index in [1.165, 1.54) is 128 Å². The van der Waals surface area contributed by atoms with E-state index in [-0.39, 0.29) is 6.61 Å². The number of ether oxygens (including phenoxy) is 2. The fourth-order valence-electron chi connectivity index (χ4n) is 3.69. The first-order chi connectivity index (χ1) is 15.3. The molecule has 0 aromatic rings. The van der Waals surface area contributed by atoms with Crippen LogP contribution in [0, 0.1) is 0 Å². The van der Waals surface area contributed by atoms with Gasteiger partial charge in [-0.05, 0) is 19.8 Å². The van der Waals surface area contributed by atoms with E-state index in [0.29, 0.717) is 13.2 Å². The van der Waals surface area contributed by atoms with Crippen LogP contribution in [-0.4, -0.2) is 38.1 Å². The summed E-state index contributed by atoms with van der Waals surface area (Å²) in [6.07, 6.45) is 28.2. The second-order valence-electron chi connectivity index (χ2n) is 8.90. The van der Waals surface area contributed by atoms with Crippen molar-refractivity contribution in [3.63, 3.8) is 0 Å². The molecule has 3 heteroatoms. The van der Waals surface area contributed by atoms with Crippen molar-refractivity contribution < 1.29 is 14.6 Å². The highest BCUT2D eigenvalue weighted by molar-refractivity contribution is 4.49. The third-order valence-corrected chi connectivity index (χ3v) is 5.72. The molecule has 31 heavy (non-hydrogen) atoms. The second kappa shape index (κ2) is 34.5. The first kappa shape index (κ1) is 33.1. The zero-order chi connectivity index (χ0) is 23.1. The van der Waals surface area contributed by atoms with Crippen LogP contribution in [0.2, 0.25) is 0 Å². The fraction of sp³-hybridized carbons (Fsp3) is 1.00. The fourth-order valence-corrected chi connectivity index (χ4v) is 3.69. The molecule has 0 fully saturated rings. The Balaban J connectivity index is 0. The van der Waals surface area contributed by atoms with Gasteiger partial charge in [-0.15, -0.1) is 0 Å². The maximum absolute atomic E-state index is 8.07. The molecule has 0 aliphatic heterocycles. The molecule has 0 radical (unpaired) electrons. The van der Waals surface area contributed by atoms with Crippen LogP contribution < -0.4 is 0 Å².